The lowest BCUT2D eigenvalue weighted by Crippen LogP contribution is -2.67. The maximum atomic E-state index is 12.4. The fraction of sp³-hybridized carbons (Fsp3) is 0.909. The molecule has 3 fully saturated rings. The summed E-state index contributed by atoms with van der Waals surface area (Å²) in [5.74, 6) is 0.578. The summed E-state index contributed by atoms with van der Waals surface area (Å²) in [6, 6.07) is -0.00154. The molecule has 0 aromatic rings. The summed E-state index contributed by atoms with van der Waals surface area (Å²) >= 11 is 0. The van der Waals surface area contributed by atoms with E-state index < -0.39 is 13.1 Å². The number of fused-ring (bicyclic) bond motifs is 1. The van der Waals surface area contributed by atoms with E-state index in [0.717, 1.165) is 19.3 Å². The van der Waals surface area contributed by atoms with Gasteiger partial charge in [0.05, 0.1) is 11.9 Å². The van der Waals surface area contributed by atoms with Crippen molar-refractivity contribution in [3.63, 3.8) is 0 Å². The highest BCUT2D eigenvalue weighted by Gasteiger charge is 2.58. The molecule has 5 atom stereocenters. The first-order chi connectivity index (χ1) is 8.11. The predicted molar refractivity (Wildman–Crippen MR) is 62.6 cm³/mol. The quantitative estimate of drug-likeness (QED) is 0.537. The second kappa shape index (κ2) is 3.97. The monoisotopic (exact) mass is 238 g/mol. The molecule has 17 heavy (non-hydrogen) atoms. The number of nitrogens with zero attached hydrogens (tertiary/aromatic N) is 1. The Morgan fingerprint density at radius 1 is 1.24 bits per heavy atom. The first kappa shape index (κ1) is 11.5. The minimum atomic E-state index is -1.42. The normalized spacial score (nSPS) is 43.7. The predicted octanol–water partition coefficient (Wildman–Crippen LogP) is -1.03. The fourth-order valence-electron chi connectivity index (χ4n) is 3.80. The first-order valence-corrected chi connectivity index (χ1v) is 6.53. The summed E-state index contributed by atoms with van der Waals surface area (Å²) in [5.41, 5.74) is 6.03. The Hall–Kier alpha value is -0.585. The Morgan fingerprint density at radius 2 is 1.94 bits per heavy atom. The van der Waals surface area contributed by atoms with Crippen LogP contribution in [-0.4, -0.2) is 46.5 Å². The van der Waals surface area contributed by atoms with Gasteiger partial charge in [-0.2, -0.15) is 0 Å². The van der Waals surface area contributed by atoms with Crippen LogP contribution in [0.3, 0.4) is 0 Å². The molecule has 0 radical (unpaired) electrons. The molecule has 1 heterocycles. The molecule has 5 unspecified atom stereocenters. The summed E-state index contributed by atoms with van der Waals surface area (Å²) in [5, 5.41) is 18.5. The summed E-state index contributed by atoms with van der Waals surface area (Å²) in [4.78, 5) is 14.0. The second-order valence-electron chi connectivity index (χ2n) is 5.66. The molecule has 1 saturated heterocycles. The van der Waals surface area contributed by atoms with Gasteiger partial charge in [0.25, 0.3) is 0 Å². The van der Waals surface area contributed by atoms with Crippen LogP contribution in [0.2, 0.25) is 0 Å². The molecule has 2 saturated carbocycles. The molecule has 94 valence electrons. The van der Waals surface area contributed by atoms with E-state index in [2.05, 4.69) is 0 Å². The van der Waals surface area contributed by atoms with Gasteiger partial charge >= 0.3 is 7.12 Å². The third kappa shape index (κ3) is 1.54. The molecule has 3 rings (SSSR count). The highest BCUT2D eigenvalue weighted by atomic mass is 16.4. The van der Waals surface area contributed by atoms with E-state index in [9.17, 15) is 14.8 Å². The van der Waals surface area contributed by atoms with Crippen LogP contribution in [0.15, 0.2) is 0 Å². The van der Waals surface area contributed by atoms with Gasteiger partial charge in [0.1, 0.15) is 0 Å². The van der Waals surface area contributed by atoms with Crippen molar-refractivity contribution < 1.29 is 14.8 Å². The number of hydrogen-bond acceptors (Lipinski definition) is 4. The number of likely N-dealkylation sites (tertiary alicyclic amines) is 1. The van der Waals surface area contributed by atoms with Crippen molar-refractivity contribution in [2.24, 2.45) is 23.5 Å². The molecule has 0 aromatic carbocycles. The number of amides is 1. The van der Waals surface area contributed by atoms with Crippen LogP contribution in [0, 0.1) is 17.8 Å². The number of rotatable bonds is 2. The van der Waals surface area contributed by atoms with Gasteiger partial charge in [-0.05, 0) is 37.5 Å². The zero-order valence-corrected chi connectivity index (χ0v) is 9.83. The van der Waals surface area contributed by atoms with Gasteiger partial charge in [-0.15, -0.1) is 0 Å². The van der Waals surface area contributed by atoms with Gasteiger partial charge in [0.15, 0.2) is 0 Å². The Bertz CT molecular complexity index is 333. The molecule has 0 aromatic heterocycles. The van der Waals surface area contributed by atoms with Gasteiger partial charge in [0.2, 0.25) is 5.91 Å². The van der Waals surface area contributed by atoms with E-state index in [-0.39, 0.29) is 17.9 Å². The number of hydrogen-bond donors (Lipinski definition) is 3. The molecule has 0 bridgehead atoms. The fourth-order valence-corrected chi connectivity index (χ4v) is 3.80. The van der Waals surface area contributed by atoms with Crippen LogP contribution >= 0.6 is 0 Å². The van der Waals surface area contributed by atoms with Crippen LogP contribution in [0.5, 0.6) is 0 Å². The minimum absolute atomic E-state index is 0.00154. The SMILES string of the molecule is NC1C2CCC2C1C(=O)N1CCCC1B(O)O. The number of carbonyl (C=O) groups is 1. The van der Waals surface area contributed by atoms with Gasteiger partial charge < -0.3 is 20.7 Å². The van der Waals surface area contributed by atoms with Gasteiger partial charge in [-0.3, -0.25) is 4.79 Å². The molecule has 0 spiro atoms. The zero-order valence-electron chi connectivity index (χ0n) is 9.83. The topological polar surface area (TPSA) is 86.8 Å². The standard InChI is InChI=1S/C11H19BN2O3/c13-10-7-4-3-6(7)9(10)11(15)14-5-1-2-8(14)12(16)17/h6-10,16-17H,1-5,13H2. The second-order valence-corrected chi connectivity index (χ2v) is 5.66. The zero-order chi connectivity index (χ0) is 12.2. The van der Waals surface area contributed by atoms with Crippen LogP contribution in [-0.2, 0) is 4.79 Å². The van der Waals surface area contributed by atoms with Crippen molar-refractivity contribution in [2.45, 2.75) is 37.7 Å². The maximum Gasteiger partial charge on any atom is 0.475 e. The highest BCUT2D eigenvalue weighted by Crippen LogP contribution is 2.54. The third-order valence-electron chi connectivity index (χ3n) is 4.97. The number of nitrogens with two attached hydrogens (primary N) is 1. The average molecular weight is 238 g/mol. The molecular formula is C11H19BN2O3. The van der Waals surface area contributed by atoms with Gasteiger partial charge in [-0.25, -0.2) is 0 Å². The molecule has 1 aliphatic heterocycles. The Labute approximate surface area is 101 Å². The van der Waals surface area contributed by atoms with E-state index in [1.165, 1.54) is 0 Å². The van der Waals surface area contributed by atoms with Crippen LogP contribution in [0.1, 0.15) is 25.7 Å². The lowest BCUT2D eigenvalue weighted by atomic mass is 9.50. The van der Waals surface area contributed by atoms with Crippen molar-refractivity contribution in [2.75, 3.05) is 6.54 Å². The van der Waals surface area contributed by atoms with Gasteiger partial charge in [-0.1, -0.05) is 0 Å². The van der Waals surface area contributed by atoms with Crippen molar-refractivity contribution in [3.05, 3.63) is 0 Å². The Balaban J connectivity index is 1.69. The van der Waals surface area contributed by atoms with Crippen molar-refractivity contribution in [1.29, 1.82) is 0 Å². The molecule has 1 amide bonds. The van der Waals surface area contributed by atoms with Gasteiger partial charge in [0, 0.05) is 12.6 Å². The van der Waals surface area contributed by atoms with E-state index >= 15 is 0 Å². The third-order valence-corrected chi connectivity index (χ3v) is 4.97. The van der Waals surface area contributed by atoms with Crippen molar-refractivity contribution >= 4 is 13.0 Å². The molecule has 5 nitrogen and oxygen atoms in total. The van der Waals surface area contributed by atoms with Crippen molar-refractivity contribution in [3.8, 4) is 0 Å². The van der Waals surface area contributed by atoms with E-state index in [4.69, 9.17) is 5.73 Å². The minimum Gasteiger partial charge on any atom is -0.426 e. The van der Waals surface area contributed by atoms with E-state index in [1.807, 2.05) is 0 Å². The molecule has 4 N–H and O–H groups in total. The summed E-state index contributed by atoms with van der Waals surface area (Å²) < 4.78 is 0. The smallest absolute Gasteiger partial charge is 0.426 e. The molecular weight excluding hydrogens is 219 g/mol. The lowest BCUT2D eigenvalue weighted by molar-refractivity contribution is -0.154. The largest absolute Gasteiger partial charge is 0.475 e. The summed E-state index contributed by atoms with van der Waals surface area (Å²) in [6.45, 7) is 0.641. The molecule has 6 heteroatoms. The Morgan fingerprint density at radius 3 is 2.47 bits per heavy atom. The van der Waals surface area contributed by atoms with Crippen LogP contribution in [0.4, 0.5) is 0 Å². The van der Waals surface area contributed by atoms with Crippen LogP contribution in [0.25, 0.3) is 0 Å². The summed E-state index contributed by atoms with van der Waals surface area (Å²) in [6.07, 6.45) is 3.79. The Kier molecular flexibility index (Phi) is 2.68. The highest BCUT2D eigenvalue weighted by molar-refractivity contribution is 6.43. The molecule has 3 aliphatic rings. The van der Waals surface area contributed by atoms with E-state index in [1.54, 1.807) is 4.90 Å². The van der Waals surface area contributed by atoms with Crippen LogP contribution < -0.4 is 5.73 Å². The summed E-state index contributed by atoms with van der Waals surface area (Å²) in [7, 11) is -1.42. The average Bonchev–Trinajstić information content (AvgIpc) is 2.71. The number of carbonyl (C=O) groups excluding carboxylic acids is 1. The lowest BCUT2D eigenvalue weighted by Gasteiger charge is -2.57. The van der Waals surface area contributed by atoms with E-state index in [0.29, 0.717) is 24.8 Å². The first-order valence-electron chi connectivity index (χ1n) is 6.53. The maximum absolute atomic E-state index is 12.4. The molecule has 2 aliphatic carbocycles. The van der Waals surface area contributed by atoms with Crippen molar-refractivity contribution in [1.82, 2.24) is 4.90 Å².